The van der Waals surface area contributed by atoms with Crippen LogP contribution < -0.4 is 11.1 Å². The lowest BCUT2D eigenvalue weighted by Gasteiger charge is -2.35. The highest BCUT2D eigenvalue weighted by molar-refractivity contribution is 5.74. The number of carbonyl (C=O) groups is 1. The summed E-state index contributed by atoms with van der Waals surface area (Å²) in [5.41, 5.74) is 7.87. The van der Waals surface area contributed by atoms with Gasteiger partial charge in [-0.15, -0.1) is 0 Å². The number of piperazine rings is 1. The summed E-state index contributed by atoms with van der Waals surface area (Å²) in [4.78, 5) is 13.4. The fraction of sp³-hybridized carbons (Fsp3) is 0.500. The average Bonchev–Trinajstić information content (AvgIpc) is 2.34. The van der Waals surface area contributed by atoms with E-state index in [2.05, 4.69) is 41.4 Å². The first kappa shape index (κ1) is 13.1. The fourth-order valence-corrected chi connectivity index (χ4v) is 2.37. The standard InChI is InChI=1S/C14H21N3O/c1-11-2-4-12(5-3-11)10-17-7-6-16-9-13(17)8-14(15)18/h2-5,13,16H,6-10H2,1H3,(H2,15,18). The molecule has 0 bridgehead atoms. The van der Waals surface area contributed by atoms with Crippen LogP contribution in [-0.2, 0) is 11.3 Å². The van der Waals surface area contributed by atoms with E-state index >= 15 is 0 Å². The minimum Gasteiger partial charge on any atom is -0.370 e. The Hall–Kier alpha value is -1.39. The molecule has 1 aromatic rings. The Morgan fingerprint density at radius 1 is 1.44 bits per heavy atom. The summed E-state index contributed by atoms with van der Waals surface area (Å²) in [6, 6.07) is 8.77. The second-order valence-electron chi connectivity index (χ2n) is 4.98. The number of hydrogen-bond donors (Lipinski definition) is 2. The fourth-order valence-electron chi connectivity index (χ4n) is 2.37. The van der Waals surface area contributed by atoms with Crippen molar-refractivity contribution < 1.29 is 4.79 Å². The molecule has 0 aromatic heterocycles. The molecule has 2 rings (SSSR count). The van der Waals surface area contributed by atoms with Crippen molar-refractivity contribution >= 4 is 5.91 Å². The first-order valence-electron chi connectivity index (χ1n) is 6.44. The van der Waals surface area contributed by atoms with Crippen molar-refractivity contribution in [2.24, 2.45) is 5.73 Å². The second kappa shape index (κ2) is 5.98. The summed E-state index contributed by atoms with van der Waals surface area (Å²) < 4.78 is 0. The number of amides is 1. The minimum absolute atomic E-state index is 0.220. The third-order valence-electron chi connectivity index (χ3n) is 3.42. The molecule has 4 heteroatoms. The smallest absolute Gasteiger partial charge is 0.219 e. The third kappa shape index (κ3) is 3.55. The molecule has 1 aromatic carbocycles. The molecule has 0 radical (unpaired) electrons. The molecule has 98 valence electrons. The van der Waals surface area contributed by atoms with Gasteiger partial charge in [-0.1, -0.05) is 29.8 Å². The number of primary amides is 1. The summed E-state index contributed by atoms with van der Waals surface area (Å²) in [5, 5.41) is 3.32. The van der Waals surface area contributed by atoms with Gasteiger partial charge < -0.3 is 11.1 Å². The maximum absolute atomic E-state index is 11.1. The van der Waals surface area contributed by atoms with Crippen LogP contribution in [0.5, 0.6) is 0 Å². The van der Waals surface area contributed by atoms with E-state index in [1.807, 2.05) is 0 Å². The zero-order chi connectivity index (χ0) is 13.0. The highest BCUT2D eigenvalue weighted by Gasteiger charge is 2.23. The number of aryl methyl sites for hydroxylation is 1. The predicted octanol–water partition coefficient (Wildman–Crippen LogP) is 0.644. The molecule has 1 heterocycles. The lowest BCUT2D eigenvalue weighted by atomic mass is 10.1. The molecule has 1 saturated heterocycles. The van der Waals surface area contributed by atoms with Gasteiger partial charge in [-0.25, -0.2) is 0 Å². The summed E-state index contributed by atoms with van der Waals surface area (Å²) >= 11 is 0. The lowest BCUT2D eigenvalue weighted by Crippen LogP contribution is -2.51. The number of hydrogen-bond acceptors (Lipinski definition) is 3. The van der Waals surface area contributed by atoms with Gasteiger partial charge in [0.05, 0.1) is 0 Å². The summed E-state index contributed by atoms with van der Waals surface area (Å²) in [6.45, 7) is 5.76. The Labute approximate surface area is 108 Å². The summed E-state index contributed by atoms with van der Waals surface area (Å²) in [6.07, 6.45) is 0.429. The van der Waals surface area contributed by atoms with Crippen molar-refractivity contribution in [1.29, 1.82) is 0 Å². The van der Waals surface area contributed by atoms with Gasteiger partial charge >= 0.3 is 0 Å². The maximum atomic E-state index is 11.1. The SMILES string of the molecule is Cc1ccc(CN2CCNCC2CC(N)=O)cc1. The molecular weight excluding hydrogens is 226 g/mol. The molecular formula is C14H21N3O. The Bertz CT molecular complexity index is 402. The van der Waals surface area contributed by atoms with E-state index in [0.717, 1.165) is 26.2 Å². The minimum atomic E-state index is -0.224. The van der Waals surface area contributed by atoms with Crippen molar-refractivity contribution in [1.82, 2.24) is 10.2 Å². The average molecular weight is 247 g/mol. The van der Waals surface area contributed by atoms with E-state index in [9.17, 15) is 4.79 Å². The molecule has 0 spiro atoms. The molecule has 0 aliphatic carbocycles. The Morgan fingerprint density at radius 2 is 2.17 bits per heavy atom. The van der Waals surface area contributed by atoms with E-state index in [1.54, 1.807) is 0 Å². The Balaban J connectivity index is 2.00. The largest absolute Gasteiger partial charge is 0.370 e. The normalized spacial score (nSPS) is 20.8. The van der Waals surface area contributed by atoms with Crippen LogP contribution in [0.25, 0.3) is 0 Å². The van der Waals surface area contributed by atoms with Gasteiger partial charge in [-0.3, -0.25) is 9.69 Å². The van der Waals surface area contributed by atoms with E-state index < -0.39 is 0 Å². The van der Waals surface area contributed by atoms with Crippen molar-refractivity contribution in [2.45, 2.75) is 25.9 Å². The number of nitrogens with zero attached hydrogens (tertiary/aromatic N) is 1. The van der Waals surface area contributed by atoms with Crippen LogP contribution in [0.4, 0.5) is 0 Å². The van der Waals surface area contributed by atoms with Gasteiger partial charge in [-0.2, -0.15) is 0 Å². The van der Waals surface area contributed by atoms with Crippen LogP contribution in [0, 0.1) is 6.92 Å². The molecule has 3 N–H and O–H groups in total. The van der Waals surface area contributed by atoms with Crippen molar-refractivity contribution in [3.8, 4) is 0 Å². The number of rotatable bonds is 4. The summed E-state index contributed by atoms with van der Waals surface area (Å²) in [7, 11) is 0. The van der Waals surface area contributed by atoms with Gasteiger partial charge in [0.1, 0.15) is 0 Å². The van der Waals surface area contributed by atoms with Crippen LogP contribution in [0.2, 0.25) is 0 Å². The predicted molar refractivity (Wildman–Crippen MR) is 72.1 cm³/mol. The first-order chi connectivity index (χ1) is 8.65. The van der Waals surface area contributed by atoms with Crippen molar-refractivity contribution in [3.63, 3.8) is 0 Å². The number of benzene rings is 1. The summed E-state index contributed by atoms with van der Waals surface area (Å²) in [5.74, 6) is -0.224. The van der Waals surface area contributed by atoms with E-state index in [-0.39, 0.29) is 11.9 Å². The van der Waals surface area contributed by atoms with Crippen LogP contribution in [0.3, 0.4) is 0 Å². The van der Waals surface area contributed by atoms with Gasteiger partial charge in [0.15, 0.2) is 0 Å². The quantitative estimate of drug-likeness (QED) is 0.821. The van der Waals surface area contributed by atoms with Crippen LogP contribution in [0.15, 0.2) is 24.3 Å². The first-order valence-corrected chi connectivity index (χ1v) is 6.44. The van der Waals surface area contributed by atoms with Crippen molar-refractivity contribution in [3.05, 3.63) is 35.4 Å². The highest BCUT2D eigenvalue weighted by atomic mass is 16.1. The lowest BCUT2D eigenvalue weighted by molar-refractivity contribution is -0.119. The molecule has 1 aliphatic heterocycles. The van der Waals surface area contributed by atoms with E-state index in [1.165, 1.54) is 11.1 Å². The molecule has 1 amide bonds. The molecule has 0 saturated carbocycles. The van der Waals surface area contributed by atoms with Crippen molar-refractivity contribution in [2.75, 3.05) is 19.6 Å². The van der Waals surface area contributed by atoms with E-state index in [4.69, 9.17) is 5.73 Å². The molecule has 1 unspecified atom stereocenters. The molecule has 1 aliphatic rings. The van der Waals surface area contributed by atoms with E-state index in [0.29, 0.717) is 6.42 Å². The maximum Gasteiger partial charge on any atom is 0.219 e. The Morgan fingerprint density at radius 3 is 2.83 bits per heavy atom. The monoisotopic (exact) mass is 247 g/mol. The zero-order valence-corrected chi connectivity index (χ0v) is 10.9. The molecule has 1 atom stereocenters. The topological polar surface area (TPSA) is 58.4 Å². The number of carbonyl (C=O) groups excluding carboxylic acids is 1. The second-order valence-corrected chi connectivity index (χ2v) is 4.98. The third-order valence-corrected chi connectivity index (χ3v) is 3.42. The number of nitrogens with one attached hydrogen (secondary N) is 1. The molecule has 18 heavy (non-hydrogen) atoms. The van der Waals surface area contributed by atoms with Crippen LogP contribution in [-0.4, -0.2) is 36.5 Å². The van der Waals surface area contributed by atoms with Crippen LogP contribution in [0.1, 0.15) is 17.5 Å². The number of nitrogens with two attached hydrogens (primary N) is 1. The van der Waals surface area contributed by atoms with Gasteiger partial charge in [0.25, 0.3) is 0 Å². The van der Waals surface area contributed by atoms with Gasteiger partial charge in [-0.05, 0) is 12.5 Å². The van der Waals surface area contributed by atoms with Gasteiger partial charge in [0.2, 0.25) is 5.91 Å². The molecule has 4 nitrogen and oxygen atoms in total. The zero-order valence-electron chi connectivity index (χ0n) is 10.9. The molecule has 1 fully saturated rings. The highest BCUT2D eigenvalue weighted by Crippen LogP contribution is 2.13. The Kier molecular flexibility index (Phi) is 4.33. The van der Waals surface area contributed by atoms with Gasteiger partial charge in [0, 0.05) is 38.6 Å². The van der Waals surface area contributed by atoms with Crippen LogP contribution >= 0.6 is 0 Å².